The molecule has 1 aliphatic rings. The topological polar surface area (TPSA) is 42.2 Å². The maximum Gasteiger partial charge on any atom is 0.319 e. The average molecular weight is 243 g/mol. The lowest BCUT2D eigenvalue weighted by atomic mass is 9.86. The van der Waals surface area contributed by atoms with E-state index in [2.05, 4.69) is 0 Å². The van der Waals surface area contributed by atoms with Gasteiger partial charge in [-0.2, -0.15) is 0 Å². The molecule has 0 radical (unpaired) electrons. The number of aromatic nitrogens is 1. The molecular weight excluding hydrogens is 228 g/mol. The van der Waals surface area contributed by atoms with Crippen LogP contribution in [0.3, 0.4) is 0 Å². The quantitative estimate of drug-likeness (QED) is 0.770. The molecule has 1 fully saturated rings. The lowest BCUT2D eigenvalue weighted by Gasteiger charge is -2.23. The first kappa shape index (κ1) is 12.1. The lowest BCUT2D eigenvalue weighted by Crippen LogP contribution is -2.29. The Morgan fingerprint density at radius 2 is 1.76 bits per heavy atom. The summed E-state index contributed by atoms with van der Waals surface area (Å²) in [5, 5.41) is 9.56. The van der Waals surface area contributed by atoms with Crippen molar-refractivity contribution in [3.63, 3.8) is 0 Å². The number of hydrogen-bond donors (Lipinski definition) is 1. The predicted molar refractivity (Wildman–Crippen MR) is 58.4 cm³/mol. The van der Waals surface area contributed by atoms with Gasteiger partial charge < -0.3 is 5.21 Å². The molecule has 0 amide bonds. The van der Waals surface area contributed by atoms with E-state index in [1.165, 1.54) is 6.92 Å². The highest BCUT2D eigenvalue weighted by molar-refractivity contribution is 5.23. The zero-order valence-corrected chi connectivity index (χ0v) is 9.67. The van der Waals surface area contributed by atoms with Gasteiger partial charge in [0.2, 0.25) is 0 Å². The number of pyridine rings is 1. The van der Waals surface area contributed by atoms with Crippen molar-refractivity contribution in [1.82, 2.24) is 4.73 Å². The molecule has 1 aromatic heterocycles. The average Bonchev–Trinajstić information content (AvgIpc) is 2.36. The zero-order valence-electron chi connectivity index (χ0n) is 9.67. The van der Waals surface area contributed by atoms with E-state index in [1.54, 1.807) is 0 Å². The summed E-state index contributed by atoms with van der Waals surface area (Å²) in [6.45, 7) is 1.22. The Hall–Kier alpha value is -1.39. The molecule has 17 heavy (non-hydrogen) atoms. The monoisotopic (exact) mass is 243 g/mol. The van der Waals surface area contributed by atoms with Crippen molar-refractivity contribution in [2.75, 3.05) is 0 Å². The van der Waals surface area contributed by atoms with Crippen LogP contribution in [-0.4, -0.2) is 9.94 Å². The van der Waals surface area contributed by atoms with Gasteiger partial charge in [-0.05, 0) is 19.8 Å². The fraction of sp³-hybridized carbons (Fsp3) is 0.583. The molecule has 1 N–H and O–H groups in total. The largest absolute Gasteiger partial charge is 0.425 e. The van der Waals surface area contributed by atoms with E-state index in [1.807, 2.05) is 0 Å². The Balaban J connectivity index is 2.56. The summed E-state index contributed by atoms with van der Waals surface area (Å²) in [4.78, 5) is 11.4. The van der Waals surface area contributed by atoms with Gasteiger partial charge in [-0.25, -0.2) is 8.78 Å². The molecule has 3 nitrogen and oxygen atoms in total. The SMILES string of the molecule is Cc1c(F)c(C2CCCCC2)n(O)c(=O)c1F. The van der Waals surface area contributed by atoms with Crippen LogP contribution in [0.2, 0.25) is 0 Å². The molecule has 1 saturated carbocycles. The Bertz CT molecular complexity index is 490. The molecule has 0 unspecified atom stereocenters. The first-order valence-electron chi connectivity index (χ1n) is 5.83. The summed E-state index contributed by atoms with van der Waals surface area (Å²) in [5.74, 6) is -2.21. The van der Waals surface area contributed by atoms with E-state index in [9.17, 15) is 18.8 Å². The highest BCUT2D eigenvalue weighted by Gasteiger charge is 2.27. The third kappa shape index (κ3) is 1.94. The number of hydrogen-bond acceptors (Lipinski definition) is 2. The molecule has 0 aromatic carbocycles. The van der Waals surface area contributed by atoms with Crippen molar-refractivity contribution in [2.45, 2.75) is 44.9 Å². The molecule has 0 bridgehead atoms. The van der Waals surface area contributed by atoms with E-state index < -0.39 is 17.2 Å². The minimum absolute atomic E-state index is 0.0615. The van der Waals surface area contributed by atoms with Crippen LogP contribution in [0.4, 0.5) is 8.78 Å². The highest BCUT2D eigenvalue weighted by Crippen LogP contribution is 2.33. The normalized spacial score (nSPS) is 17.4. The number of halogens is 2. The van der Waals surface area contributed by atoms with Crippen LogP contribution >= 0.6 is 0 Å². The van der Waals surface area contributed by atoms with Crippen LogP contribution < -0.4 is 5.56 Å². The van der Waals surface area contributed by atoms with Crippen molar-refractivity contribution in [3.05, 3.63) is 33.2 Å². The first-order valence-corrected chi connectivity index (χ1v) is 5.83. The maximum absolute atomic E-state index is 13.9. The molecule has 2 rings (SSSR count). The van der Waals surface area contributed by atoms with Crippen LogP contribution in [0.25, 0.3) is 0 Å². The lowest BCUT2D eigenvalue weighted by molar-refractivity contribution is 0.145. The maximum atomic E-state index is 13.9. The summed E-state index contributed by atoms with van der Waals surface area (Å²) >= 11 is 0. The summed E-state index contributed by atoms with van der Waals surface area (Å²) in [5.41, 5.74) is -1.53. The highest BCUT2D eigenvalue weighted by atomic mass is 19.1. The van der Waals surface area contributed by atoms with Gasteiger partial charge in [0.15, 0.2) is 11.6 Å². The zero-order chi connectivity index (χ0) is 12.6. The number of nitrogens with zero attached hydrogens (tertiary/aromatic N) is 1. The van der Waals surface area contributed by atoms with E-state index >= 15 is 0 Å². The van der Waals surface area contributed by atoms with E-state index in [-0.39, 0.29) is 21.9 Å². The van der Waals surface area contributed by atoms with Gasteiger partial charge in [0.1, 0.15) is 5.69 Å². The Labute approximate surface area is 97.7 Å². The molecule has 0 aliphatic heterocycles. The molecule has 94 valence electrons. The van der Waals surface area contributed by atoms with Gasteiger partial charge in [-0.15, -0.1) is 4.73 Å². The van der Waals surface area contributed by atoms with Crippen LogP contribution in [0.15, 0.2) is 4.79 Å². The molecule has 1 aromatic rings. The third-order valence-electron chi connectivity index (χ3n) is 3.48. The second kappa shape index (κ2) is 4.47. The van der Waals surface area contributed by atoms with Gasteiger partial charge >= 0.3 is 5.56 Å². The van der Waals surface area contributed by atoms with Crippen molar-refractivity contribution in [1.29, 1.82) is 0 Å². The van der Waals surface area contributed by atoms with Gasteiger partial charge in [0.05, 0.1) is 0 Å². The molecule has 1 heterocycles. The Morgan fingerprint density at radius 3 is 2.35 bits per heavy atom. The number of rotatable bonds is 1. The summed E-state index contributed by atoms with van der Waals surface area (Å²) in [6.07, 6.45) is 4.40. The second-order valence-electron chi connectivity index (χ2n) is 4.59. The van der Waals surface area contributed by atoms with Crippen molar-refractivity contribution in [3.8, 4) is 0 Å². The molecule has 5 heteroatoms. The minimum atomic E-state index is -1.22. The minimum Gasteiger partial charge on any atom is -0.425 e. The second-order valence-corrected chi connectivity index (χ2v) is 4.59. The summed E-state index contributed by atoms with van der Waals surface area (Å²) in [6, 6.07) is 0. The van der Waals surface area contributed by atoms with Crippen LogP contribution in [-0.2, 0) is 0 Å². The van der Waals surface area contributed by atoms with Crippen LogP contribution in [0.1, 0.15) is 49.3 Å². The van der Waals surface area contributed by atoms with E-state index in [0.29, 0.717) is 0 Å². The van der Waals surface area contributed by atoms with Crippen LogP contribution in [0, 0.1) is 18.6 Å². The summed E-state index contributed by atoms with van der Waals surface area (Å²) in [7, 11) is 0. The fourth-order valence-electron chi connectivity index (χ4n) is 2.47. The predicted octanol–water partition coefficient (Wildman–Crippen LogP) is 2.72. The molecule has 0 saturated heterocycles. The van der Waals surface area contributed by atoms with Crippen LogP contribution in [0.5, 0.6) is 0 Å². The van der Waals surface area contributed by atoms with Crippen molar-refractivity contribution < 1.29 is 14.0 Å². The van der Waals surface area contributed by atoms with E-state index in [4.69, 9.17) is 0 Å². The van der Waals surface area contributed by atoms with Crippen molar-refractivity contribution >= 4 is 0 Å². The summed E-state index contributed by atoms with van der Waals surface area (Å²) < 4.78 is 27.3. The molecule has 0 spiro atoms. The Kier molecular flexibility index (Phi) is 3.17. The fourth-order valence-corrected chi connectivity index (χ4v) is 2.47. The third-order valence-corrected chi connectivity index (χ3v) is 3.48. The van der Waals surface area contributed by atoms with Gasteiger partial charge in [0, 0.05) is 11.5 Å². The Morgan fingerprint density at radius 1 is 1.18 bits per heavy atom. The molecule has 1 aliphatic carbocycles. The first-order chi connectivity index (χ1) is 8.04. The van der Waals surface area contributed by atoms with Gasteiger partial charge in [0.25, 0.3) is 0 Å². The van der Waals surface area contributed by atoms with E-state index in [0.717, 1.165) is 32.1 Å². The van der Waals surface area contributed by atoms with Gasteiger partial charge in [-0.3, -0.25) is 4.79 Å². The van der Waals surface area contributed by atoms with Crippen molar-refractivity contribution in [2.24, 2.45) is 0 Å². The smallest absolute Gasteiger partial charge is 0.319 e. The van der Waals surface area contributed by atoms with Gasteiger partial charge in [-0.1, -0.05) is 19.3 Å². The molecular formula is C12H15F2NO2. The standard InChI is InChI=1S/C12H15F2NO2/c1-7-9(13)11(8-5-3-2-4-6-8)15(17)12(16)10(7)14/h8,17H,2-6H2,1H3. The molecule has 0 atom stereocenters.